The Bertz CT molecular complexity index is 639. The standard InChI is InChI=1S/C14H10F2O3/c1-19-14(18)11-6-5-10(12(15)13(11)16)8-3-2-4-9(17)7-8/h2-7,17H,1H3. The number of benzene rings is 2. The number of hydrogen-bond acceptors (Lipinski definition) is 3. The van der Waals surface area contributed by atoms with Crippen LogP contribution in [-0.2, 0) is 4.74 Å². The monoisotopic (exact) mass is 264 g/mol. The molecule has 2 aromatic carbocycles. The van der Waals surface area contributed by atoms with Crippen LogP contribution >= 0.6 is 0 Å². The van der Waals surface area contributed by atoms with Crippen LogP contribution in [-0.4, -0.2) is 18.2 Å². The molecule has 5 heteroatoms. The maximum absolute atomic E-state index is 13.9. The van der Waals surface area contributed by atoms with Crippen molar-refractivity contribution >= 4 is 5.97 Å². The molecule has 3 nitrogen and oxygen atoms in total. The molecule has 0 fully saturated rings. The minimum absolute atomic E-state index is 0.0407. The summed E-state index contributed by atoms with van der Waals surface area (Å²) in [5.41, 5.74) is -0.197. The fraction of sp³-hybridized carbons (Fsp3) is 0.0714. The van der Waals surface area contributed by atoms with Crippen LogP contribution in [0.3, 0.4) is 0 Å². The molecule has 0 radical (unpaired) electrons. The van der Waals surface area contributed by atoms with E-state index >= 15 is 0 Å². The van der Waals surface area contributed by atoms with Gasteiger partial charge in [0, 0.05) is 5.56 Å². The molecule has 0 atom stereocenters. The van der Waals surface area contributed by atoms with Gasteiger partial charge in [-0.1, -0.05) is 18.2 Å². The van der Waals surface area contributed by atoms with Crippen molar-refractivity contribution in [1.29, 1.82) is 0 Å². The summed E-state index contributed by atoms with van der Waals surface area (Å²) in [5.74, 6) is -3.44. The van der Waals surface area contributed by atoms with Gasteiger partial charge in [-0.25, -0.2) is 13.6 Å². The van der Waals surface area contributed by atoms with Crippen LogP contribution in [0.2, 0.25) is 0 Å². The molecule has 19 heavy (non-hydrogen) atoms. The Morgan fingerprint density at radius 2 is 1.89 bits per heavy atom. The molecule has 0 heterocycles. The lowest BCUT2D eigenvalue weighted by atomic mass is 10.0. The van der Waals surface area contributed by atoms with Gasteiger partial charge in [0.2, 0.25) is 0 Å². The maximum atomic E-state index is 13.9. The summed E-state index contributed by atoms with van der Waals surface area (Å²) in [6, 6.07) is 8.16. The molecule has 0 spiro atoms. The minimum Gasteiger partial charge on any atom is -0.508 e. The van der Waals surface area contributed by atoms with Gasteiger partial charge in [0.25, 0.3) is 0 Å². The summed E-state index contributed by atoms with van der Waals surface area (Å²) in [6.07, 6.45) is 0. The molecule has 0 unspecified atom stereocenters. The summed E-state index contributed by atoms with van der Waals surface area (Å²) in [6.45, 7) is 0. The largest absolute Gasteiger partial charge is 0.508 e. The third-order valence-corrected chi connectivity index (χ3v) is 2.64. The van der Waals surface area contributed by atoms with Crippen molar-refractivity contribution in [1.82, 2.24) is 0 Å². The van der Waals surface area contributed by atoms with Gasteiger partial charge in [0.05, 0.1) is 12.7 Å². The molecule has 0 saturated heterocycles. The zero-order chi connectivity index (χ0) is 14.0. The number of ether oxygens (including phenoxy) is 1. The highest BCUT2D eigenvalue weighted by Gasteiger charge is 2.19. The van der Waals surface area contributed by atoms with Crippen LogP contribution in [0.15, 0.2) is 36.4 Å². The smallest absolute Gasteiger partial charge is 0.340 e. The van der Waals surface area contributed by atoms with Crippen molar-refractivity contribution in [3.8, 4) is 16.9 Å². The van der Waals surface area contributed by atoms with Crippen LogP contribution in [0.25, 0.3) is 11.1 Å². The molecule has 0 bridgehead atoms. The number of aromatic hydroxyl groups is 1. The van der Waals surface area contributed by atoms with E-state index in [1.165, 1.54) is 30.3 Å². The molecule has 98 valence electrons. The molecule has 0 amide bonds. The predicted molar refractivity (Wildman–Crippen MR) is 64.8 cm³/mol. The molecule has 0 aliphatic heterocycles. The van der Waals surface area contributed by atoms with E-state index in [4.69, 9.17) is 0 Å². The van der Waals surface area contributed by atoms with Crippen molar-refractivity contribution in [2.45, 2.75) is 0 Å². The van der Waals surface area contributed by atoms with Gasteiger partial charge in [-0.15, -0.1) is 0 Å². The Balaban J connectivity index is 2.56. The Morgan fingerprint density at radius 1 is 1.16 bits per heavy atom. The Hall–Kier alpha value is -2.43. The fourth-order valence-electron chi connectivity index (χ4n) is 1.71. The van der Waals surface area contributed by atoms with Gasteiger partial charge in [0.15, 0.2) is 11.6 Å². The molecule has 0 aromatic heterocycles. The highest BCUT2D eigenvalue weighted by molar-refractivity contribution is 5.90. The predicted octanol–water partition coefficient (Wildman–Crippen LogP) is 3.12. The second kappa shape index (κ2) is 5.06. The number of carbonyl (C=O) groups is 1. The molecular formula is C14H10F2O3. The quantitative estimate of drug-likeness (QED) is 0.848. The van der Waals surface area contributed by atoms with Crippen LogP contribution in [0.4, 0.5) is 8.78 Å². The fourth-order valence-corrected chi connectivity index (χ4v) is 1.71. The van der Waals surface area contributed by atoms with Crippen LogP contribution in [0.5, 0.6) is 5.75 Å². The number of methoxy groups -OCH3 is 1. The molecule has 1 N–H and O–H groups in total. The summed E-state index contributed by atoms with van der Waals surface area (Å²) < 4.78 is 32.0. The lowest BCUT2D eigenvalue weighted by Gasteiger charge is -2.07. The van der Waals surface area contributed by atoms with Crippen molar-refractivity contribution in [2.24, 2.45) is 0 Å². The van der Waals surface area contributed by atoms with E-state index in [0.29, 0.717) is 5.56 Å². The average Bonchev–Trinajstić information content (AvgIpc) is 2.41. The van der Waals surface area contributed by atoms with Crippen LogP contribution < -0.4 is 0 Å². The number of phenols is 1. The van der Waals surface area contributed by atoms with E-state index in [2.05, 4.69) is 4.74 Å². The Kier molecular flexibility index (Phi) is 3.46. The number of halogens is 2. The zero-order valence-electron chi connectivity index (χ0n) is 9.98. The maximum Gasteiger partial charge on any atom is 0.340 e. The van der Waals surface area contributed by atoms with Crippen LogP contribution in [0.1, 0.15) is 10.4 Å². The van der Waals surface area contributed by atoms with Crippen molar-refractivity contribution < 1.29 is 23.4 Å². The van der Waals surface area contributed by atoms with Gasteiger partial charge in [0.1, 0.15) is 5.75 Å². The van der Waals surface area contributed by atoms with Gasteiger partial charge < -0.3 is 9.84 Å². The summed E-state index contributed by atoms with van der Waals surface area (Å²) >= 11 is 0. The molecule has 0 aliphatic rings. The van der Waals surface area contributed by atoms with Gasteiger partial charge in [-0.05, 0) is 23.8 Å². The summed E-state index contributed by atoms with van der Waals surface area (Å²) in [7, 11) is 1.09. The van der Waals surface area contributed by atoms with E-state index in [9.17, 15) is 18.7 Å². The third-order valence-electron chi connectivity index (χ3n) is 2.64. The van der Waals surface area contributed by atoms with Gasteiger partial charge >= 0.3 is 5.97 Å². The first-order valence-corrected chi connectivity index (χ1v) is 5.40. The summed E-state index contributed by atoms with van der Waals surface area (Å²) in [4.78, 5) is 11.2. The topological polar surface area (TPSA) is 46.5 Å². The summed E-state index contributed by atoms with van der Waals surface area (Å²) in [5, 5.41) is 9.33. The van der Waals surface area contributed by atoms with Crippen molar-refractivity contribution in [3.63, 3.8) is 0 Å². The lowest BCUT2D eigenvalue weighted by molar-refractivity contribution is 0.0594. The number of rotatable bonds is 2. The van der Waals surface area contributed by atoms with Gasteiger partial charge in [-0.3, -0.25) is 0 Å². The first kappa shape index (κ1) is 13.0. The van der Waals surface area contributed by atoms with Crippen molar-refractivity contribution in [2.75, 3.05) is 7.11 Å². The molecule has 0 aliphatic carbocycles. The van der Waals surface area contributed by atoms with E-state index < -0.39 is 23.2 Å². The number of esters is 1. The van der Waals surface area contributed by atoms with Gasteiger partial charge in [-0.2, -0.15) is 0 Å². The van der Waals surface area contributed by atoms with E-state index in [1.54, 1.807) is 0 Å². The molecular weight excluding hydrogens is 254 g/mol. The van der Waals surface area contributed by atoms with Crippen molar-refractivity contribution in [3.05, 3.63) is 53.6 Å². The minimum atomic E-state index is -1.27. The third kappa shape index (κ3) is 2.40. The Morgan fingerprint density at radius 3 is 2.53 bits per heavy atom. The SMILES string of the molecule is COC(=O)c1ccc(-c2cccc(O)c2)c(F)c1F. The second-order valence-electron chi connectivity index (χ2n) is 3.83. The normalized spacial score (nSPS) is 10.3. The Labute approximate surface area is 108 Å². The number of carbonyl (C=O) groups excluding carboxylic acids is 1. The second-order valence-corrected chi connectivity index (χ2v) is 3.83. The first-order valence-electron chi connectivity index (χ1n) is 5.40. The highest BCUT2D eigenvalue weighted by atomic mass is 19.2. The first-order chi connectivity index (χ1) is 9.04. The highest BCUT2D eigenvalue weighted by Crippen LogP contribution is 2.28. The average molecular weight is 264 g/mol. The number of phenolic OH excluding ortho intramolecular Hbond substituents is 1. The molecule has 0 saturated carbocycles. The van der Waals surface area contributed by atoms with E-state index in [-0.39, 0.29) is 11.3 Å². The lowest BCUT2D eigenvalue weighted by Crippen LogP contribution is -2.06. The zero-order valence-corrected chi connectivity index (χ0v) is 9.98. The molecule has 2 aromatic rings. The van der Waals surface area contributed by atoms with Crippen LogP contribution in [0, 0.1) is 11.6 Å². The molecule has 2 rings (SSSR count). The van der Waals surface area contributed by atoms with E-state index in [1.807, 2.05) is 0 Å². The number of hydrogen-bond donors (Lipinski definition) is 1. The van der Waals surface area contributed by atoms with E-state index in [0.717, 1.165) is 13.2 Å².